The second kappa shape index (κ2) is 8.55. The van der Waals surface area contributed by atoms with Gasteiger partial charge in [0.05, 0.1) is 18.0 Å². The summed E-state index contributed by atoms with van der Waals surface area (Å²) >= 11 is 6.06. The van der Waals surface area contributed by atoms with Crippen molar-refractivity contribution in [2.45, 2.75) is 13.3 Å². The number of fused-ring (bicyclic) bond motifs is 1. The standard InChI is InChI=1S/C19H18ClN3O4/c1-2-26-19(25)23-22-15(9-12-4-3-5-14(20)8-12)13-6-7-17-16(10-13)21-18(24)11-27-17/h3-8,10H,2,9,11H2,1H3,(H,21,24)(H,23,25)/b22-15+. The van der Waals surface area contributed by atoms with Crippen LogP contribution >= 0.6 is 11.6 Å². The SMILES string of the molecule is CCOC(=O)N/N=C(\Cc1cccc(Cl)c1)c1ccc2c(c1)NC(=O)CO2. The van der Waals surface area contributed by atoms with Gasteiger partial charge < -0.3 is 14.8 Å². The van der Waals surface area contributed by atoms with Crippen molar-refractivity contribution in [1.29, 1.82) is 0 Å². The predicted molar refractivity (Wildman–Crippen MR) is 102 cm³/mol. The summed E-state index contributed by atoms with van der Waals surface area (Å²) in [5.41, 5.74) is 5.15. The van der Waals surface area contributed by atoms with Crippen LogP contribution in [0.25, 0.3) is 0 Å². The molecule has 1 heterocycles. The predicted octanol–water partition coefficient (Wildman–Crippen LogP) is 3.36. The van der Waals surface area contributed by atoms with Gasteiger partial charge in [-0.2, -0.15) is 5.10 Å². The van der Waals surface area contributed by atoms with E-state index in [0.717, 1.165) is 11.1 Å². The summed E-state index contributed by atoms with van der Waals surface area (Å²) < 4.78 is 10.2. The summed E-state index contributed by atoms with van der Waals surface area (Å²) in [5, 5.41) is 7.57. The Hall–Kier alpha value is -3.06. The number of benzene rings is 2. The smallest absolute Gasteiger partial charge is 0.427 e. The fourth-order valence-corrected chi connectivity index (χ4v) is 2.80. The third-order valence-corrected chi connectivity index (χ3v) is 4.00. The highest BCUT2D eigenvalue weighted by atomic mass is 35.5. The normalized spacial score (nSPS) is 13.3. The first-order valence-electron chi connectivity index (χ1n) is 8.36. The lowest BCUT2D eigenvalue weighted by Gasteiger charge is -2.19. The zero-order valence-electron chi connectivity index (χ0n) is 14.6. The van der Waals surface area contributed by atoms with E-state index < -0.39 is 6.09 Å². The zero-order valence-corrected chi connectivity index (χ0v) is 15.4. The average molecular weight is 388 g/mol. The number of carbonyl (C=O) groups excluding carboxylic acids is 2. The number of rotatable bonds is 5. The molecule has 0 atom stereocenters. The van der Waals surface area contributed by atoms with Crippen molar-refractivity contribution >= 4 is 35.0 Å². The van der Waals surface area contributed by atoms with E-state index in [1.807, 2.05) is 24.3 Å². The van der Waals surface area contributed by atoms with Crippen LogP contribution in [0, 0.1) is 0 Å². The number of anilines is 1. The Kier molecular flexibility index (Phi) is 5.93. The molecule has 2 aromatic rings. The molecular weight excluding hydrogens is 370 g/mol. The number of carbonyl (C=O) groups is 2. The van der Waals surface area contributed by atoms with Crippen molar-refractivity contribution in [3.05, 3.63) is 58.6 Å². The van der Waals surface area contributed by atoms with E-state index in [4.69, 9.17) is 21.1 Å². The van der Waals surface area contributed by atoms with Crippen molar-refractivity contribution in [2.24, 2.45) is 5.10 Å². The highest BCUT2D eigenvalue weighted by Crippen LogP contribution is 2.29. The molecule has 2 aromatic carbocycles. The minimum Gasteiger partial charge on any atom is -0.482 e. The van der Waals surface area contributed by atoms with E-state index in [2.05, 4.69) is 15.8 Å². The molecule has 0 saturated carbocycles. The van der Waals surface area contributed by atoms with Crippen molar-refractivity contribution < 1.29 is 19.1 Å². The van der Waals surface area contributed by atoms with E-state index in [0.29, 0.717) is 28.6 Å². The summed E-state index contributed by atoms with van der Waals surface area (Å²) in [4.78, 5) is 23.2. The molecule has 3 rings (SSSR count). The molecule has 140 valence electrons. The Balaban J connectivity index is 1.91. The third-order valence-electron chi connectivity index (χ3n) is 3.76. The minimum absolute atomic E-state index is 0.0137. The Morgan fingerprint density at radius 2 is 2.19 bits per heavy atom. The Morgan fingerprint density at radius 3 is 2.96 bits per heavy atom. The van der Waals surface area contributed by atoms with Gasteiger partial charge in [-0.05, 0) is 42.8 Å². The highest BCUT2D eigenvalue weighted by Gasteiger charge is 2.18. The molecule has 0 spiro atoms. The summed E-state index contributed by atoms with van der Waals surface area (Å²) in [5.74, 6) is 0.358. The van der Waals surface area contributed by atoms with Crippen LogP contribution in [-0.4, -0.2) is 30.9 Å². The quantitative estimate of drug-likeness (QED) is 0.608. The summed E-state index contributed by atoms with van der Waals surface area (Å²) in [6, 6.07) is 12.7. The van der Waals surface area contributed by atoms with Crippen LogP contribution < -0.4 is 15.5 Å². The number of nitrogens with one attached hydrogen (secondary N) is 2. The molecule has 2 N–H and O–H groups in total. The zero-order chi connectivity index (χ0) is 19.2. The van der Waals surface area contributed by atoms with Gasteiger partial charge in [0, 0.05) is 17.0 Å². The second-order valence-electron chi connectivity index (χ2n) is 5.75. The van der Waals surface area contributed by atoms with E-state index in [9.17, 15) is 9.59 Å². The molecule has 1 aliphatic heterocycles. The molecule has 1 aliphatic rings. The van der Waals surface area contributed by atoms with Crippen LogP contribution in [0.5, 0.6) is 5.75 Å². The Morgan fingerprint density at radius 1 is 1.33 bits per heavy atom. The number of hydrogen-bond donors (Lipinski definition) is 2. The molecule has 0 radical (unpaired) electrons. The van der Waals surface area contributed by atoms with Gasteiger partial charge in [-0.3, -0.25) is 4.79 Å². The molecule has 2 amide bonds. The maximum Gasteiger partial charge on any atom is 0.427 e. The third kappa shape index (κ3) is 4.98. The van der Waals surface area contributed by atoms with Gasteiger partial charge in [0.1, 0.15) is 5.75 Å². The number of nitrogens with zero attached hydrogens (tertiary/aromatic N) is 1. The molecule has 0 saturated heterocycles. The fourth-order valence-electron chi connectivity index (χ4n) is 2.59. The van der Waals surface area contributed by atoms with Gasteiger partial charge in [0.2, 0.25) is 0 Å². The van der Waals surface area contributed by atoms with Gasteiger partial charge >= 0.3 is 6.09 Å². The molecule has 0 aromatic heterocycles. The molecule has 0 aliphatic carbocycles. The van der Waals surface area contributed by atoms with Gasteiger partial charge in [-0.15, -0.1) is 0 Å². The lowest BCUT2D eigenvalue weighted by molar-refractivity contribution is -0.118. The van der Waals surface area contributed by atoms with E-state index in [-0.39, 0.29) is 19.1 Å². The average Bonchev–Trinajstić information content (AvgIpc) is 2.65. The van der Waals surface area contributed by atoms with Crippen LogP contribution in [0.3, 0.4) is 0 Å². The topological polar surface area (TPSA) is 89.0 Å². The maximum atomic E-state index is 11.6. The van der Waals surface area contributed by atoms with Gasteiger partial charge in [-0.25, -0.2) is 10.2 Å². The second-order valence-corrected chi connectivity index (χ2v) is 6.18. The molecule has 7 nitrogen and oxygen atoms in total. The van der Waals surface area contributed by atoms with E-state index in [1.54, 1.807) is 25.1 Å². The van der Waals surface area contributed by atoms with E-state index in [1.165, 1.54) is 0 Å². The first-order chi connectivity index (χ1) is 13.0. The van der Waals surface area contributed by atoms with Gasteiger partial charge in [-0.1, -0.05) is 23.7 Å². The van der Waals surface area contributed by atoms with Crippen molar-refractivity contribution in [2.75, 3.05) is 18.5 Å². The lowest BCUT2D eigenvalue weighted by Crippen LogP contribution is -2.26. The number of amides is 2. The van der Waals surface area contributed by atoms with Crippen LogP contribution in [0.15, 0.2) is 47.6 Å². The largest absolute Gasteiger partial charge is 0.482 e. The first kappa shape index (κ1) is 18.7. The van der Waals surface area contributed by atoms with Crippen molar-refractivity contribution in [3.63, 3.8) is 0 Å². The Labute approximate surface area is 161 Å². The van der Waals surface area contributed by atoms with Crippen LogP contribution in [0.2, 0.25) is 5.02 Å². The highest BCUT2D eigenvalue weighted by molar-refractivity contribution is 6.30. The van der Waals surface area contributed by atoms with Gasteiger partial charge in [0.15, 0.2) is 6.61 Å². The monoisotopic (exact) mass is 387 g/mol. The fraction of sp³-hybridized carbons (Fsp3) is 0.211. The molecule has 27 heavy (non-hydrogen) atoms. The molecule has 0 bridgehead atoms. The van der Waals surface area contributed by atoms with Crippen molar-refractivity contribution in [1.82, 2.24) is 5.43 Å². The van der Waals surface area contributed by atoms with Crippen LogP contribution in [-0.2, 0) is 16.0 Å². The summed E-state index contributed by atoms with van der Waals surface area (Å²) in [6.45, 7) is 1.94. The summed E-state index contributed by atoms with van der Waals surface area (Å²) in [6.07, 6.45) is -0.226. The number of hydrogen-bond acceptors (Lipinski definition) is 5. The number of ether oxygens (including phenoxy) is 2. The Bertz CT molecular complexity index is 898. The molecule has 0 unspecified atom stereocenters. The first-order valence-corrected chi connectivity index (χ1v) is 8.74. The number of halogens is 1. The molecule has 0 fully saturated rings. The van der Waals surface area contributed by atoms with Crippen LogP contribution in [0.1, 0.15) is 18.1 Å². The molecular formula is C19H18ClN3O4. The summed E-state index contributed by atoms with van der Waals surface area (Å²) in [7, 11) is 0. The van der Waals surface area contributed by atoms with Gasteiger partial charge in [0.25, 0.3) is 5.91 Å². The van der Waals surface area contributed by atoms with Crippen LogP contribution in [0.4, 0.5) is 10.5 Å². The number of hydrazone groups is 1. The lowest BCUT2D eigenvalue weighted by atomic mass is 10.0. The van der Waals surface area contributed by atoms with Crippen molar-refractivity contribution in [3.8, 4) is 5.75 Å². The molecule has 8 heteroatoms. The maximum absolute atomic E-state index is 11.6. The van der Waals surface area contributed by atoms with E-state index >= 15 is 0 Å². The minimum atomic E-state index is -0.643.